The Morgan fingerprint density at radius 3 is 2.00 bits per heavy atom. The number of benzene rings is 1. The van der Waals surface area contributed by atoms with Crippen LogP contribution in [0.2, 0.25) is 0 Å². The van der Waals surface area contributed by atoms with Crippen molar-refractivity contribution >= 4 is 29.7 Å². The number of carbonyl (C=O) groups is 4. The molecule has 3 amide bonds. The zero-order valence-electron chi connectivity index (χ0n) is 22.6. The average Bonchev–Trinajstić information content (AvgIpc) is 2.83. The highest BCUT2D eigenvalue weighted by Crippen LogP contribution is 2.10. The second-order valence-corrected chi connectivity index (χ2v) is 10.1. The van der Waals surface area contributed by atoms with Gasteiger partial charge in [0.25, 0.3) is 0 Å². The number of guanidine groups is 1. The molecule has 0 heterocycles. The Kier molecular flexibility index (Phi) is 13.8. The molecule has 4 unspecified atom stereocenters. The molecule has 0 fully saturated rings. The lowest BCUT2D eigenvalue weighted by atomic mass is 9.99. The highest BCUT2D eigenvalue weighted by molar-refractivity contribution is 5.94. The van der Waals surface area contributed by atoms with Gasteiger partial charge in [-0.2, -0.15) is 0 Å². The highest BCUT2D eigenvalue weighted by Gasteiger charge is 2.31. The topological polar surface area (TPSA) is 215 Å². The molecule has 12 heteroatoms. The predicted molar refractivity (Wildman–Crippen MR) is 146 cm³/mol. The van der Waals surface area contributed by atoms with Crippen LogP contribution < -0.4 is 33.2 Å². The van der Waals surface area contributed by atoms with E-state index in [1.807, 2.05) is 44.2 Å². The molecule has 10 N–H and O–H groups in total. The minimum atomic E-state index is -1.16. The summed E-state index contributed by atoms with van der Waals surface area (Å²) < 4.78 is 0. The summed E-state index contributed by atoms with van der Waals surface area (Å²) in [6, 6.07) is 5.09. The van der Waals surface area contributed by atoms with Crippen molar-refractivity contribution in [2.24, 2.45) is 34.0 Å². The van der Waals surface area contributed by atoms with Crippen molar-refractivity contribution in [1.29, 1.82) is 0 Å². The third-order valence-corrected chi connectivity index (χ3v) is 5.79. The Morgan fingerprint density at radius 2 is 1.47 bits per heavy atom. The lowest BCUT2D eigenvalue weighted by Crippen LogP contribution is -2.58. The van der Waals surface area contributed by atoms with Crippen molar-refractivity contribution in [3.05, 3.63) is 35.9 Å². The van der Waals surface area contributed by atoms with Gasteiger partial charge in [-0.3, -0.25) is 19.4 Å². The van der Waals surface area contributed by atoms with Gasteiger partial charge in [0.2, 0.25) is 17.7 Å². The molecule has 0 spiro atoms. The fraction of sp³-hybridized carbons (Fsp3) is 0.577. The monoisotopic (exact) mass is 533 g/mol. The number of aliphatic imine (C=N–C) groups is 1. The number of nitrogens with two attached hydrogens (primary N) is 3. The summed E-state index contributed by atoms with van der Waals surface area (Å²) in [7, 11) is 0. The van der Waals surface area contributed by atoms with Gasteiger partial charge in [0.1, 0.15) is 18.1 Å². The number of carbonyl (C=O) groups excluding carboxylic acids is 3. The number of carboxylic acids is 1. The molecule has 1 rings (SSSR count). The number of rotatable bonds is 16. The molecule has 1 aromatic carbocycles. The molecule has 0 aromatic heterocycles. The van der Waals surface area contributed by atoms with Gasteiger partial charge in [0, 0.05) is 13.0 Å². The van der Waals surface area contributed by atoms with Gasteiger partial charge in [-0.05, 0) is 36.7 Å². The lowest BCUT2D eigenvalue weighted by molar-refractivity contribution is -0.143. The molecule has 0 saturated carbocycles. The maximum Gasteiger partial charge on any atom is 0.326 e. The van der Waals surface area contributed by atoms with Crippen molar-refractivity contribution in [2.75, 3.05) is 6.54 Å². The summed E-state index contributed by atoms with van der Waals surface area (Å²) in [6.45, 7) is 7.45. The van der Waals surface area contributed by atoms with E-state index in [1.54, 1.807) is 13.8 Å². The van der Waals surface area contributed by atoms with E-state index in [9.17, 15) is 24.3 Å². The Hall–Kier alpha value is -3.67. The SMILES string of the molecule is CC(C)CC(NC(=O)C(Cc1ccccc1)NC(=O)C(N)CCCN=C(N)N)C(=O)NC(C(=O)O)C(C)C. The molecule has 12 nitrogen and oxygen atoms in total. The number of hydrogen-bond donors (Lipinski definition) is 7. The third kappa shape index (κ3) is 12.0. The van der Waals surface area contributed by atoms with Crippen molar-refractivity contribution in [2.45, 2.75) is 77.5 Å². The van der Waals surface area contributed by atoms with Crippen LogP contribution in [0.1, 0.15) is 52.5 Å². The van der Waals surface area contributed by atoms with Gasteiger partial charge in [0.15, 0.2) is 5.96 Å². The molecule has 0 aliphatic heterocycles. The van der Waals surface area contributed by atoms with Crippen molar-refractivity contribution in [3.8, 4) is 0 Å². The first-order valence-corrected chi connectivity index (χ1v) is 12.8. The third-order valence-electron chi connectivity index (χ3n) is 5.79. The number of amides is 3. The maximum absolute atomic E-state index is 13.4. The number of nitrogens with zero attached hydrogens (tertiary/aromatic N) is 1. The fourth-order valence-corrected chi connectivity index (χ4v) is 3.73. The van der Waals surface area contributed by atoms with Crippen LogP contribution in [0.15, 0.2) is 35.3 Å². The van der Waals surface area contributed by atoms with Crippen molar-refractivity contribution < 1.29 is 24.3 Å². The molecule has 0 aliphatic rings. The van der Waals surface area contributed by atoms with E-state index >= 15 is 0 Å². The summed E-state index contributed by atoms with van der Waals surface area (Å²) in [5, 5.41) is 17.4. The summed E-state index contributed by atoms with van der Waals surface area (Å²) in [5.41, 5.74) is 17.4. The van der Waals surface area contributed by atoms with Crippen LogP contribution in [-0.2, 0) is 25.6 Å². The molecule has 0 radical (unpaired) electrons. The van der Waals surface area contributed by atoms with Gasteiger partial charge in [-0.1, -0.05) is 58.0 Å². The van der Waals surface area contributed by atoms with Gasteiger partial charge >= 0.3 is 5.97 Å². The zero-order valence-corrected chi connectivity index (χ0v) is 22.6. The summed E-state index contributed by atoms with van der Waals surface area (Å²) in [5.74, 6) is -3.25. The number of hydrogen-bond acceptors (Lipinski definition) is 6. The van der Waals surface area contributed by atoms with E-state index in [2.05, 4.69) is 20.9 Å². The van der Waals surface area contributed by atoms with Gasteiger partial charge in [0.05, 0.1) is 6.04 Å². The molecule has 0 bridgehead atoms. The Morgan fingerprint density at radius 1 is 0.895 bits per heavy atom. The van der Waals surface area contributed by atoms with E-state index in [0.717, 1.165) is 5.56 Å². The second-order valence-electron chi connectivity index (χ2n) is 10.1. The van der Waals surface area contributed by atoms with E-state index in [-0.39, 0.29) is 30.6 Å². The molecule has 0 saturated heterocycles. The van der Waals surface area contributed by atoms with Gasteiger partial charge in [-0.15, -0.1) is 0 Å². The quantitative estimate of drug-likeness (QED) is 0.0859. The average molecular weight is 534 g/mol. The Bertz CT molecular complexity index is 949. The summed E-state index contributed by atoms with van der Waals surface area (Å²) in [6.07, 6.45) is 1.21. The van der Waals surface area contributed by atoms with Crippen molar-refractivity contribution in [3.63, 3.8) is 0 Å². The Labute approximate surface area is 224 Å². The van der Waals surface area contributed by atoms with Crippen LogP contribution in [0, 0.1) is 11.8 Å². The second kappa shape index (κ2) is 16.2. The van der Waals surface area contributed by atoms with Crippen LogP contribution >= 0.6 is 0 Å². The number of carboxylic acid groups (broad SMARTS) is 1. The van der Waals surface area contributed by atoms with Crippen LogP contribution in [0.4, 0.5) is 0 Å². The number of nitrogens with one attached hydrogen (secondary N) is 3. The lowest BCUT2D eigenvalue weighted by Gasteiger charge is -2.27. The predicted octanol–water partition coefficient (Wildman–Crippen LogP) is -0.149. The van der Waals surface area contributed by atoms with E-state index in [0.29, 0.717) is 19.4 Å². The molecule has 212 valence electrons. The first kappa shape index (κ1) is 32.4. The van der Waals surface area contributed by atoms with Crippen LogP contribution in [-0.4, -0.2) is 65.5 Å². The molecule has 1 aromatic rings. The number of aliphatic carboxylic acids is 1. The summed E-state index contributed by atoms with van der Waals surface area (Å²) in [4.78, 5) is 54.7. The molecular weight excluding hydrogens is 490 g/mol. The van der Waals surface area contributed by atoms with E-state index in [4.69, 9.17) is 17.2 Å². The molecule has 4 atom stereocenters. The Balaban J connectivity index is 3.05. The van der Waals surface area contributed by atoms with Gasteiger partial charge in [-0.25, -0.2) is 4.79 Å². The molecular formula is C26H43N7O5. The minimum Gasteiger partial charge on any atom is -0.480 e. The van der Waals surface area contributed by atoms with Crippen LogP contribution in [0.5, 0.6) is 0 Å². The van der Waals surface area contributed by atoms with E-state index < -0.39 is 47.9 Å². The minimum absolute atomic E-state index is 0.0224. The zero-order chi connectivity index (χ0) is 28.8. The standard InChI is InChI=1S/C26H43N7O5/c1-15(2)13-19(24(36)33-21(16(3)4)25(37)38)32-23(35)20(14-17-9-6-5-7-10-17)31-22(34)18(27)11-8-12-30-26(28)29/h5-7,9-10,15-16,18-21H,8,11-14,27H2,1-4H3,(H,31,34)(H,32,35)(H,33,36)(H,37,38)(H4,28,29,30). The normalized spacial score (nSPS) is 14.2. The van der Waals surface area contributed by atoms with Gasteiger partial charge < -0.3 is 38.3 Å². The molecule has 38 heavy (non-hydrogen) atoms. The van der Waals surface area contributed by atoms with Crippen LogP contribution in [0.3, 0.4) is 0 Å². The first-order valence-electron chi connectivity index (χ1n) is 12.8. The first-order chi connectivity index (χ1) is 17.8. The van der Waals surface area contributed by atoms with Crippen molar-refractivity contribution in [1.82, 2.24) is 16.0 Å². The smallest absolute Gasteiger partial charge is 0.326 e. The largest absolute Gasteiger partial charge is 0.480 e. The molecule has 0 aliphatic carbocycles. The fourth-order valence-electron chi connectivity index (χ4n) is 3.73. The maximum atomic E-state index is 13.4. The highest BCUT2D eigenvalue weighted by atomic mass is 16.4. The van der Waals surface area contributed by atoms with E-state index in [1.165, 1.54) is 0 Å². The summed E-state index contributed by atoms with van der Waals surface area (Å²) >= 11 is 0. The van der Waals surface area contributed by atoms with Crippen LogP contribution in [0.25, 0.3) is 0 Å².